The van der Waals surface area contributed by atoms with Gasteiger partial charge in [-0.2, -0.15) is 0 Å². The number of amides is 2. The highest BCUT2D eigenvalue weighted by Gasteiger charge is 2.28. The maximum atomic E-state index is 13.2. The van der Waals surface area contributed by atoms with Crippen LogP contribution in [0.25, 0.3) is 0 Å². The van der Waals surface area contributed by atoms with Crippen LogP contribution in [0.15, 0.2) is 48.5 Å². The molecule has 0 spiro atoms. The van der Waals surface area contributed by atoms with Crippen LogP contribution < -0.4 is 5.32 Å². The topological polar surface area (TPSA) is 49.4 Å². The molecule has 0 saturated carbocycles. The zero-order chi connectivity index (χ0) is 20.7. The van der Waals surface area contributed by atoms with Crippen molar-refractivity contribution in [3.8, 4) is 0 Å². The van der Waals surface area contributed by atoms with Crippen molar-refractivity contribution in [3.05, 3.63) is 70.8 Å². The van der Waals surface area contributed by atoms with Gasteiger partial charge in [0.15, 0.2) is 0 Å². The van der Waals surface area contributed by atoms with Crippen molar-refractivity contribution in [2.24, 2.45) is 0 Å². The zero-order valence-electron chi connectivity index (χ0n) is 17.7. The second-order valence-corrected chi connectivity index (χ2v) is 7.76. The minimum atomic E-state index is -0.485. The van der Waals surface area contributed by atoms with Crippen molar-refractivity contribution in [2.75, 3.05) is 0 Å². The van der Waals surface area contributed by atoms with E-state index in [-0.39, 0.29) is 24.3 Å². The summed E-state index contributed by atoms with van der Waals surface area (Å²) >= 11 is 0. The molecule has 2 aromatic rings. The van der Waals surface area contributed by atoms with E-state index in [1.807, 2.05) is 83.1 Å². The SMILES string of the molecule is CC[C@@H](C(=O)NC(C)C)N(Cc1ccc(C)cc1)C(=O)Cc1ccc(C)cc1. The van der Waals surface area contributed by atoms with E-state index in [0.29, 0.717) is 13.0 Å². The van der Waals surface area contributed by atoms with Crippen LogP contribution in [0.1, 0.15) is 49.4 Å². The van der Waals surface area contributed by atoms with Gasteiger partial charge >= 0.3 is 0 Å². The molecule has 1 atom stereocenters. The zero-order valence-corrected chi connectivity index (χ0v) is 17.7. The number of nitrogens with zero attached hydrogens (tertiary/aromatic N) is 1. The average molecular weight is 381 g/mol. The molecule has 2 amide bonds. The van der Waals surface area contributed by atoms with Crippen LogP contribution >= 0.6 is 0 Å². The quantitative estimate of drug-likeness (QED) is 0.747. The highest BCUT2D eigenvalue weighted by Crippen LogP contribution is 2.16. The molecule has 0 heterocycles. The van der Waals surface area contributed by atoms with E-state index in [1.54, 1.807) is 4.90 Å². The van der Waals surface area contributed by atoms with Gasteiger partial charge in [0.25, 0.3) is 0 Å². The third-order valence-electron chi connectivity index (χ3n) is 4.77. The number of nitrogens with one attached hydrogen (secondary N) is 1. The Labute approximate surface area is 169 Å². The lowest BCUT2D eigenvalue weighted by Crippen LogP contribution is -2.50. The lowest BCUT2D eigenvalue weighted by atomic mass is 10.0. The van der Waals surface area contributed by atoms with Gasteiger partial charge in [0, 0.05) is 12.6 Å². The monoisotopic (exact) mass is 380 g/mol. The molecule has 0 bridgehead atoms. The molecule has 150 valence electrons. The first-order valence-electron chi connectivity index (χ1n) is 10.0. The number of rotatable bonds is 8. The summed E-state index contributed by atoms with van der Waals surface area (Å²) in [5.41, 5.74) is 4.32. The van der Waals surface area contributed by atoms with Crippen molar-refractivity contribution in [2.45, 2.75) is 66.1 Å². The van der Waals surface area contributed by atoms with Crippen LogP contribution in [-0.2, 0) is 22.6 Å². The maximum absolute atomic E-state index is 13.2. The van der Waals surface area contributed by atoms with Gasteiger partial charge in [0.2, 0.25) is 11.8 Å². The first-order chi connectivity index (χ1) is 13.3. The van der Waals surface area contributed by atoms with Crippen LogP contribution in [0.5, 0.6) is 0 Å². The Balaban J connectivity index is 2.27. The molecule has 0 fully saturated rings. The Kier molecular flexibility index (Phi) is 7.80. The summed E-state index contributed by atoms with van der Waals surface area (Å²) < 4.78 is 0. The summed E-state index contributed by atoms with van der Waals surface area (Å²) in [6.07, 6.45) is 0.863. The van der Waals surface area contributed by atoms with Gasteiger partial charge in [-0.3, -0.25) is 9.59 Å². The minimum absolute atomic E-state index is 0.0322. The summed E-state index contributed by atoms with van der Waals surface area (Å²) in [4.78, 5) is 27.7. The van der Waals surface area contributed by atoms with Crippen LogP contribution in [0.4, 0.5) is 0 Å². The van der Waals surface area contributed by atoms with Crippen LogP contribution in [-0.4, -0.2) is 28.8 Å². The Bertz CT molecular complexity index is 779. The van der Waals surface area contributed by atoms with Gasteiger partial charge in [-0.15, -0.1) is 0 Å². The minimum Gasteiger partial charge on any atom is -0.352 e. The molecule has 0 unspecified atom stereocenters. The van der Waals surface area contributed by atoms with Crippen molar-refractivity contribution in [1.82, 2.24) is 10.2 Å². The summed E-state index contributed by atoms with van der Waals surface area (Å²) in [6, 6.07) is 15.6. The molecule has 0 aliphatic carbocycles. The summed E-state index contributed by atoms with van der Waals surface area (Å²) in [5, 5.41) is 2.96. The summed E-state index contributed by atoms with van der Waals surface area (Å²) in [7, 11) is 0. The molecule has 28 heavy (non-hydrogen) atoms. The van der Waals surface area contributed by atoms with Gasteiger partial charge in [-0.25, -0.2) is 0 Å². The third kappa shape index (κ3) is 6.22. The number of aryl methyl sites for hydroxylation is 2. The predicted octanol–water partition coefficient (Wildman–Crippen LogP) is 4.18. The first kappa shape index (κ1) is 21.7. The standard InChI is InChI=1S/C24H32N2O2/c1-6-22(24(28)25-17(2)3)26(16-21-13-9-19(5)10-14-21)23(27)15-20-11-7-18(4)8-12-20/h7-14,17,22H,6,15-16H2,1-5H3,(H,25,28)/t22-/m0/s1. The van der Waals surface area contributed by atoms with Gasteiger partial charge in [-0.1, -0.05) is 66.6 Å². The molecule has 0 saturated heterocycles. The number of hydrogen-bond acceptors (Lipinski definition) is 2. The van der Waals surface area contributed by atoms with Gasteiger partial charge in [0.1, 0.15) is 6.04 Å². The van der Waals surface area contributed by atoms with E-state index in [9.17, 15) is 9.59 Å². The fourth-order valence-electron chi connectivity index (χ4n) is 3.17. The predicted molar refractivity (Wildman–Crippen MR) is 114 cm³/mol. The van der Waals surface area contributed by atoms with E-state index >= 15 is 0 Å². The average Bonchev–Trinajstić information content (AvgIpc) is 2.64. The number of carbonyl (C=O) groups excluding carboxylic acids is 2. The first-order valence-corrected chi connectivity index (χ1v) is 10.0. The largest absolute Gasteiger partial charge is 0.352 e. The van der Waals surface area contributed by atoms with E-state index in [0.717, 1.165) is 16.7 Å². The molecular weight excluding hydrogens is 348 g/mol. The number of benzene rings is 2. The number of carbonyl (C=O) groups is 2. The normalized spacial score (nSPS) is 11.9. The van der Waals surface area contributed by atoms with E-state index in [2.05, 4.69) is 5.32 Å². The lowest BCUT2D eigenvalue weighted by molar-refractivity contribution is -0.141. The van der Waals surface area contributed by atoms with Crippen molar-refractivity contribution >= 4 is 11.8 Å². The molecular formula is C24H32N2O2. The molecule has 0 aromatic heterocycles. The van der Waals surface area contributed by atoms with Gasteiger partial charge in [-0.05, 0) is 45.2 Å². The molecule has 1 N–H and O–H groups in total. The van der Waals surface area contributed by atoms with Crippen molar-refractivity contribution in [3.63, 3.8) is 0 Å². The molecule has 4 nitrogen and oxygen atoms in total. The van der Waals surface area contributed by atoms with Crippen LogP contribution in [0.2, 0.25) is 0 Å². The Hall–Kier alpha value is -2.62. The molecule has 4 heteroatoms. The molecule has 0 aliphatic heterocycles. The summed E-state index contributed by atoms with van der Waals surface area (Å²) in [6.45, 7) is 10.3. The summed E-state index contributed by atoms with van der Waals surface area (Å²) in [5.74, 6) is -0.128. The Morgan fingerprint density at radius 2 is 1.39 bits per heavy atom. The van der Waals surface area contributed by atoms with Gasteiger partial charge < -0.3 is 10.2 Å². The van der Waals surface area contributed by atoms with Crippen LogP contribution in [0.3, 0.4) is 0 Å². The van der Waals surface area contributed by atoms with Crippen molar-refractivity contribution < 1.29 is 9.59 Å². The molecule has 0 radical (unpaired) electrons. The Morgan fingerprint density at radius 3 is 1.86 bits per heavy atom. The fourth-order valence-corrected chi connectivity index (χ4v) is 3.17. The second kappa shape index (κ2) is 10.1. The third-order valence-corrected chi connectivity index (χ3v) is 4.77. The van der Waals surface area contributed by atoms with Gasteiger partial charge in [0.05, 0.1) is 6.42 Å². The highest BCUT2D eigenvalue weighted by molar-refractivity contribution is 5.88. The molecule has 0 aliphatic rings. The van der Waals surface area contributed by atoms with E-state index in [1.165, 1.54) is 5.56 Å². The molecule has 2 aromatic carbocycles. The van der Waals surface area contributed by atoms with E-state index < -0.39 is 6.04 Å². The van der Waals surface area contributed by atoms with Crippen molar-refractivity contribution in [1.29, 1.82) is 0 Å². The fraction of sp³-hybridized carbons (Fsp3) is 0.417. The Morgan fingerprint density at radius 1 is 0.893 bits per heavy atom. The smallest absolute Gasteiger partial charge is 0.243 e. The molecule has 2 rings (SSSR count). The number of hydrogen-bond donors (Lipinski definition) is 1. The van der Waals surface area contributed by atoms with Crippen LogP contribution in [0, 0.1) is 13.8 Å². The highest BCUT2D eigenvalue weighted by atomic mass is 16.2. The lowest BCUT2D eigenvalue weighted by Gasteiger charge is -2.31. The van der Waals surface area contributed by atoms with E-state index in [4.69, 9.17) is 0 Å². The second-order valence-electron chi connectivity index (χ2n) is 7.76. The maximum Gasteiger partial charge on any atom is 0.243 e.